The molecule has 3 rings (SSSR count). The number of likely N-dealkylation sites (tertiary alicyclic amines) is 1. The molecule has 0 spiro atoms. The molecule has 2 amide bonds. The third-order valence-corrected chi connectivity index (χ3v) is 5.07. The van der Waals surface area contributed by atoms with Crippen LogP contribution in [-0.2, 0) is 11.2 Å². The Morgan fingerprint density at radius 3 is 2.67 bits per heavy atom. The van der Waals surface area contributed by atoms with E-state index in [0.29, 0.717) is 18.7 Å². The SMILES string of the molecule is C[C@H]1CN(C2CCN(C(=O)NCCc3ccccc3)CC2)CCO1. The first-order valence-corrected chi connectivity index (χ1v) is 9.15. The van der Waals surface area contributed by atoms with Crippen molar-refractivity contribution in [3.05, 3.63) is 35.9 Å². The molecular formula is C19H29N3O2. The van der Waals surface area contributed by atoms with Gasteiger partial charge in [-0.3, -0.25) is 4.90 Å². The second-order valence-electron chi connectivity index (χ2n) is 6.86. The molecule has 2 saturated heterocycles. The Morgan fingerprint density at radius 2 is 1.96 bits per heavy atom. The molecule has 1 aromatic rings. The minimum absolute atomic E-state index is 0.0831. The summed E-state index contributed by atoms with van der Waals surface area (Å²) in [5, 5.41) is 3.06. The van der Waals surface area contributed by atoms with Gasteiger partial charge >= 0.3 is 6.03 Å². The molecular weight excluding hydrogens is 302 g/mol. The molecule has 1 N–H and O–H groups in total. The summed E-state index contributed by atoms with van der Waals surface area (Å²) in [6.07, 6.45) is 3.35. The summed E-state index contributed by atoms with van der Waals surface area (Å²) in [7, 11) is 0. The highest BCUT2D eigenvalue weighted by Gasteiger charge is 2.29. The van der Waals surface area contributed by atoms with E-state index in [0.717, 1.165) is 52.0 Å². The number of morpholine rings is 1. The maximum absolute atomic E-state index is 12.3. The van der Waals surface area contributed by atoms with E-state index >= 15 is 0 Å². The Bertz CT molecular complexity index is 515. The van der Waals surface area contributed by atoms with Crippen molar-refractivity contribution >= 4 is 6.03 Å². The van der Waals surface area contributed by atoms with Crippen LogP contribution >= 0.6 is 0 Å². The number of carbonyl (C=O) groups excluding carboxylic acids is 1. The van der Waals surface area contributed by atoms with E-state index in [2.05, 4.69) is 29.3 Å². The van der Waals surface area contributed by atoms with Gasteiger partial charge in [0.25, 0.3) is 0 Å². The average molecular weight is 331 g/mol. The number of benzene rings is 1. The zero-order valence-corrected chi connectivity index (χ0v) is 14.6. The van der Waals surface area contributed by atoms with Crippen molar-refractivity contribution in [2.24, 2.45) is 0 Å². The first-order chi connectivity index (χ1) is 11.7. The second-order valence-corrected chi connectivity index (χ2v) is 6.86. The first kappa shape index (κ1) is 17.2. The molecule has 2 aliphatic rings. The van der Waals surface area contributed by atoms with E-state index in [9.17, 15) is 4.79 Å². The van der Waals surface area contributed by atoms with Crippen LogP contribution in [0.3, 0.4) is 0 Å². The smallest absolute Gasteiger partial charge is 0.317 e. The van der Waals surface area contributed by atoms with Gasteiger partial charge in [0.05, 0.1) is 12.7 Å². The molecule has 0 unspecified atom stereocenters. The van der Waals surface area contributed by atoms with Crippen LogP contribution in [0.1, 0.15) is 25.3 Å². The Balaban J connectivity index is 1.37. The van der Waals surface area contributed by atoms with Crippen molar-refractivity contribution in [3.8, 4) is 0 Å². The lowest BCUT2D eigenvalue weighted by Gasteiger charge is -2.41. The summed E-state index contributed by atoms with van der Waals surface area (Å²) >= 11 is 0. The summed E-state index contributed by atoms with van der Waals surface area (Å²) in [4.78, 5) is 16.8. The number of nitrogens with one attached hydrogen (secondary N) is 1. The van der Waals surface area contributed by atoms with E-state index in [1.54, 1.807) is 0 Å². The van der Waals surface area contributed by atoms with Gasteiger partial charge in [0.15, 0.2) is 0 Å². The molecule has 0 aromatic heterocycles. The van der Waals surface area contributed by atoms with E-state index in [4.69, 9.17) is 4.74 Å². The summed E-state index contributed by atoms with van der Waals surface area (Å²) in [5.74, 6) is 0. The third kappa shape index (κ3) is 4.71. The van der Waals surface area contributed by atoms with Crippen LogP contribution in [0.2, 0.25) is 0 Å². The minimum Gasteiger partial charge on any atom is -0.376 e. The lowest BCUT2D eigenvalue weighted by molar-refractivity contribution is -0.0417. The number of piperidine rings is 1. The van der Waals surface area contributed by atoms with Crippen LogP contribution in [0.15, 0.2) is 30.3 Å². The third-order valence-electron chi connectivity index (χ3n) is 5.07. The Hall–Kier alpha value is -1.59. The van der Waals surface area contributed by atoms with Crippen molar-refractivity contribution in [1.82, 2.24) is 15.1 Å². The molecule has 2 fully saturated rings. The quantitative estimate of drug-likeness (QED) is 0.919. The average Bonchev–Trinajstić information content (AvgIpc) is 2.63. The molecule has 2 heterocycles. The zero-order valence-electron chi connectivity index (χ0n) is 14.6. The number of hydrogen-bond acceptors (Lipinski definition) is 3. The molecule has 0 radical (unpaired) electrons. The van der Waals surface area contributed by atoms with Gasteiger partial charge < -0.3 is 15.0 Å². The maximum atomic E-state index is 12.3. The largest absolute Gasteiger partial charge is 0.376 e. The van der Waals surface area contributed by atoms with Crippen molar-refractivity contribution in [2.45, 2.75) is 38.3 Å². The van der Waals surface area contributed by atoms with Crippen molar-refractivity contribution < 1.29 is 9.53 Å². The van der Waals surface area contributed by atoms with Gasteiger partial charge in [-0.2, -0.15) is 0 Å². The van der Waals surface area contributed by atoms with Crippen LogP contribution in [0, 0.1) is 0 Å². The highest BCUT2D eigenvalue weighted by atomic mass is 16.5. The molecule has 0 aliphatic carbocycles. The fraction of sp³-hybridized carbons (Fsp3) is 0.632. The standard InChI is InChI=1S/C19H29N3O2/c1-16-15-22(13-14-24-16)18-8-11-21(12-9-18)19(23)20-10-7-17-5-3-2-4-6-17/h2-6,16,18H,7-15H2,1H3,(H,20,23)/t16-/m0/s1. The first-order valence-electron chi connectivity index (χ1n) is 9.15. The van der Waals surface area contributed by atoms with Crippen molar-refractivity contribution in [1.29, 1.82) is 0 Å². The number of ether oxygens (including phenoxy) is 1. The maximum Gasteiger partial charge on any atom is 0.317 e. The van der Waals surface area contributed by atoms with E-state index in [-0.39, 0.29) is 6.03 Å². The van der Waals surface area contributed by atoms with Crippen LogP contribution < -0.4 is 5.32 Å². The topological polar surface area (TPSA) is 44.8 Å². The molecule has 5 heteroatoms. The van der Waals surface area contributed by atoms with Gasteiger partial charge in [-0.05, 0) is 31.7 Å². The summed E-state index contributed by atoms with van der Waals surface area (Å²) < 4.78 is 5.62. The fourth-order valence-corrected chi connectivity index (χ4v) is 3.68. The highest BCUT2D eigenvalue weighted by Crippen LogP contribution is 2.19. The van der Waals surface area contributed by atoms with E-state index < -0.39 is 0 Å². The van der Waals surface area contributed by atoms with Gasteiger partial charge in [0.1, 0.15) is 0 Å². The van der Waals surface area contributed by atoms with Gasteiger partial charge in [0.2, 0.25) is 0 Å². The number of hydrogen-bond donors (Lipinski definition) is 1. The molecule has 5 nitrogen and oxygen atoms in total. The predicted molar refractivity (Wildman–Crippen MR) is 95.1 cm³/mol. The molecule has 0 saturated carbocycles. The lowest BCUT2D eigenvalue weighted by Crippen LogP contribution is -2.53. The van der Waals surface area contributed by atoms with Gasteiger partial charge in [-0.15, -0.1) is 0 Å². The molecule has 1 atom stereocenters. The van der Waals surface area contributed by atoms with E-state index in [1.807, 2.05) is 23.1 Å². The van der Waals surface area contributed by atoms with Crippen molar-refractivity contribution in [3.63, 3.8) is 0 Å². The monoisotopic (exact) mass is 331 g/mol. The summed E-state index contributed by atoms with van der Waals surface area (Å²) in [6, 6.07) is 11.0. The number of carbonyl (C=O) groups is 1. The number of amides is 2. The molecule has 0 bridgehead atoms. The van der Waals surface area contributed by atoms with Gasteiger partial charge in [0, 0.05) is 38.8 Å². The number of urea groups is 1. The van der Waals surface area contributed by atoms with Gasteiger partial charge in [-0.25, -0.2) is 4.79 Å². The second kappa shape index (κ2) is 8.49. The van der Waals surface area contributed by atoms with Crippen LogP contribution in [0.25, 0.3) is 0 Å². The number of rotatable bonds is 4. The molecule has 1 aromatic carbocycles. The van der Waals surface area contributed by atoms with Crippen molar-refractivity contribution in [2.75, 3.05) is 39.3 Å². The summed E-state index contributed by atoms with van der Waals surface area (Å²) in [6.45, 7) is 7.43. The zero-order chi connectivity index (χ0) is 16.8. The molecule has 24 heavy (non-hydrogen) atoms. The van der Waals surface area contributed by atoms with Crippen LogP contribution in [0.5, 0.6) is 0 Å². The highest BCUT2D eigenvalue weighted by molar-refractivity contribution is 5.74. The van der Waals surface area contributed by atoms with E-state index in [1.165, 1.54) is 5.56 Å². The predicted octanol–water partition coefficient (Wildman–Crippen LogP) is 2.12. The Kier molecular flexibility index (Phi) is 6.10. The minimum atomic E-state index is 0.0831. The van der Waals surface area contributed by atoms with Crippen LogP contribution in [0.4, 0.5) is 4.79 Å². The normalized spacial score (nSPS) is 23.2. The fourth-order valence-electron chi connectivity index (χ4n) is 3.68. The Morgan fingerprint density at radius 1 is 1.21 bits per heavy atom. The molecule has 2 aliphatic heterocycles. The van der Waals surface area contributed by atoms with Crippen LogP contribution in [-0.4, -0.2) is 67.3 Å². The molecule has 132 valence electrons. The summed E-state index contributed by atoms with van der Waals surface area (Å²) in [5.41, 5.74) is 1.26. The Labute approximate surface area is 145 Å². The number of nitrogens with zero attached hydrogens (tertiary/aromatic N) is 2. The van der Waals surface area contributed by atoms with Gasteiger partial charge in [-0.1, -0.05) is 30.3 Å². The lowest BCUT2D eigenvalue weighted by atomic mass is 10.0.